The Morgan fingerprint density at radius 1 is 1.16 bits per heavy atom. The lowest BCUT2D eigenvalue weighted by atomic mass is 10.1. The zero-order valence-electron chi connectivity index (χ0n) is 11.0. The van der Waals surface area contributed by atoms with Crippen molar-refractivity contribution >= 4 is 11.6 Å². The third-order valence-corrected chi connectivity index (χ3v) is 3.11. The van der Waals surface area contributed by atoms with Crippen LogP contribution in [0.25, 0.3) is 0 Å². The number of nitrogens with two attached hydrogens (primary N) is 1. The van der Waals surface area contributed by atoms with Crippen LogP contribution in [-0.4, -0.2) is 12.6 Å². The second-order valence-corrected chi connectivity index (χ2v) is 5.15. The van der Waals surface area contributed by atoms with Crippen LogP contribution >= 0.6 is 11.6 Å². The van der Waals surface area contributed by atoms with Crippen molar-refractivity contribution in [3.8, 4) is 5.75 Å². The highest BCUT2D eigenvalue weighted by Gasteiger charge is 2.05. The van der Waals surface area contributed by atoms with E-state index in [1.54, 1.807) is 0 Å². The summed E-state index contributed by atoms with van der Waals surface area (Å²) in [7, 11) is 0. The van der Waals surface area contributed by atoms with Gasteiger partial charge in [0, 0.05) is 11.1 Å². The van der Waals surface area contributed by atoms with Gasteiger partial charge < -0.3 is 10.5 Å². The van der Waals surface area contributed by atoms with E-state index in [1.165, 1.54) is 11.1 Å². The van der Waals surface area contributed by atoms with Crippen LogP contribution in [0, 0.1) is 6.92 Å². The average molecular weight is 276 g/mol. The number of hydrogen-bond acceptors (Lipinski definition) is 2. The lowest BCUT2D eigenvalue weighted by Gasteiger charge is -2.13. The zero-order valence-corrected chi connectivity index (χ0v) is 11.7. The van der Waals surface area contributed by atoms with Gasteiger partial charge in [0.2, 0.25) is 0 Å². The quantitative estimate of drug-likeness (QED) is 0.905. The molecule has 0 amide bonds. The molecule has 0 radical (unpaired) electrons. The van der Waals surface area contributed by atoms with Crippen molar-refractivity contribution in [2.75, 3.05) is 6.61 Å². The second-order valence-electron chi connectivity index (χ2n) is 4.72. The molecule has 2 aromatic carbocycles. The molecule has 0 aliphatic heterocycles. The summed E-state index contributed by atoms with van der Waals surface area (Å²) in [6.45, 7) is 2.58. The topological polar surface area (TPSA) is 35.2 Å². The van der Waals surface area contributed by atoms with E-state index in [2.05, 4.69) is 31.2 Å². The molecule has 100 valence electrons. The fourth-order valence-corrected chi connectivity index (χ4v) is 2.06. The van der Waals surface area contributed by atoms with Gasteiger partial charge >= 0.3 is 0 Å². The number of benzene rings is 2. The molecule has 0 fully saturated rings. The molecule has 2 N–H and O–H groups in total. The standard InChI is InChI=1S/C16H18ClNO/c1-12-3-2-4-13(9-12)10-15(18)11-19-16-7-5-14(17)6-8-16/h2-9,15H,10-11,18H2,1H3. The van der Waals surface area contributed by atoms with E-state index in [9.17, 15) is 0 Å². The SMILES string of the molecule is Cc1cccc(CC(N)COc2ccc(Cl)cc2)c1. The van der Waals surface area contributed by atoms with E-state index < -0.39 is 0 Å². The minimum absolute atomic E-state index is 0.0162. The fraction of sp³-hybridized carbons (Fsp3) is 0.250. The number of halogens is 1. The van der Waals surface area contributed by atoms with Crippen LogP contribution in [0.1, 0.15) is 11.1 Å². The van der Waals surface area contributed by atoms with E-state index >= 15 is 0 Å². The van der Waals surface area contributed by atoms with Gasteiger partial charge in [-0.3, -0.25) is 0 Å². The molecule has 19 heavy (non-hydrogen) atoms. The first kappa shape index (κ1) is 13.9. The number of rotatable bonds is 5. The van der Waals surface area contributed by atoms with E-state index in [4.69, 9.17) is 22.1 Å². The molecule has 0 aliphatic carbocycles. The molecule has 2 rings (SSSR count). The van der Waals surface area contributed by atoms with E-state index in [0.29, 0.717) is 11.6 Å². The Bertz CT molecular complexity index is 525. The molecular weight excluding hydrogens is 258 g/mol. The largest absolute Gasteiger partial charge is 0.492 e. The molecule has 0 bridgehead atoms. The van der Waals surface area contributed by atoms with Gasteiger partial charge in [0.1, 0.15) is 12.4 Å². The second kappa shape index (κ2) is 6.60. The van der Waals surface area contributed by atoms with Crippen molar-refractivity contribution < 1.29 is 4.74 Å². The van der Waals surface area contributed by atoms with Crippen molar-refractivity contribution in [1.29, 1.82) is 0 Å². The highest BCUT2D eigenvalue weighted by molar-refractivity contribution is 6.30. The van der Waals surface area contributed by atoms with Crippen LogP contribution in [0.15, 0.2) is 48.5 Å². The molecule has 0 saturated heterocycles. The maximum absolute atomic E-state index is 6.08. The first-order chi connectivity index (χ1) is 9.13. The molecular formula is C16H18ClNO. The van der Waals surface area contributed by atoms with Crippen LogP contribution in [-0.2, 0) is 6.42 Å². The lowest BCUT2D eigenvalue weighted by molar-refractivity contribution is 0.287. The summed E-state index contributed by atoms with van der Waals surface area (Å²) >= 11 is 5.82. The maximum atomic E-state index is 6.08. The van der Waals surface area contributed by atoms with E-state index in [1.807, 2.05) is 24.3 Å². The fourth-order valence-electron chi connectivity index (χ4n) is 1.93. The molecule has 0 spiro atoms. The molecule has 3 heteroatoms. The summed E-state index contributed by atoms with van der Waals surface area (Å²) < 4.78 is 5.64. The monoisotopic (exact) mass is 275 g/mol. The van der Waals surface area contributed by atoms with Gasteiger partial charge in [-0.25, -0.2) is 0 Å². The van der Waals surface area contributed by atoms with Crippen LogP contribution in [0.4, 0.5) is 0 Å². The summed E-state index contributed by atoms with van der Waals surface area (Å²) in [5, 5.41) is 0.705. The number of aryl methyl sites for hydroxylation is 1. The normalized spacial score (nSPS) is 12.2. The van der Waals surface area contributed by atoms with E-state index in [0.717, 1.165) is 12.2 Å². The summed E-state index contributed by atoms with van der Waals surface area (Å²) in [4.78, 5) is 0. The van der Waals surface area contributed by atoms with Crippen LogP contribution < -0.4 is 10.5 Å². The average Bonchev–Trinajstić information content (AvgIpc) is 2.38. The van der Waals surface area contributed by atoms with Crippen LogP contribution in [0.5, 0.6) is 5.75 Å². The number of hydrogen-bond donors (Lipinski definition) is 1. The molecule has 2 nitrogen and oxygen atoms in total. The van der Waals surface area contributed by atoms with Gasteiger partial charge in [-0.05, 0) is 43.2 Å². The van der Waals surface area contributed by atoms with Gasteiger partial charge in [0.15, 0.2) is 0 Å². The molecule has 1 atom stereocenters. The third-order valence-electron chi connectivity index (χ3n) is 2.86. The molecule has 0 aromatic heterocycles. The van der Waals surface area contributed by atoms with Gasteiger partial charge in [-0.2, -0.15) is 0 Å². The van der Waals surface area contributed by atoms with Gasteiger partial charge in [-0.15, -0.1) is 0 Å². The first-order valence-corrected chi connectivity index (χ1v) is 6.71. The predicted molar refractivity (Wildman–Crippen MR) is 79.8 cm³/mol. The van der Waals surface area contributed by atoms with E-state index in [-0.39, 0.29) is 6.04 Å². The Morgan fingerprint density at radius 3 is 2.58 bits per heavy atom. The van der Waals surface area contributed by atoms with Crippen molar-refractivity contribution in [3.05, 3.63) is 64.7 Å². The molecule has 0 aliphatic rings. The minimum atomic E-state index is -0.0162. The summed E-state index contributed by atoms with van der Waals surface area (Å²) in [6, 6.07) is 15.7. The predicted octanol–water partition coefficient (Wildman–Crippen LogP) is 3.60. The Balaban J connectivity index is 1.84. The van der Waals surface area contributed by atoms with Crippen LogP contribution in [0.2, 0.25) is 5.02 Å². The number of ether oxygens (including phenoxy) is 1. The van der Waals surface area contributed by atoms with Crippen molar-refractivity contribution in [1.82, 2.24) is 0 Å². The molecule has 0 saturated carbocycles. The summed E-state index contributed by atoms with van der Waals surface area (Å²) in [5.74, 6) is 0.795. The van der Waals surface area contributed by atoms with Gasteiger partial charge in [0.25, 0.3) is 0 Å². The van der Waals surface area contributed by atoms with Crippen LogP contribution in [0.3, 0.4) is 0 Å². The zero-order chi connectivity index (χ0) is 13.7. The molecule has 2 aromatic rings. The minimum Gasteiger partial charge on any atom is -0.492 e. The first-order valence-electron chi connectivity index (χ1n) is 6.33. The molecule has 0 heterocycles. The Morgan fingerprint density at radius 2 is 1.89 bits per heavy atom. The van der Waals surface area contributed by atoms with Crippen molar-refractivity contribution in [2.24, 2.45) is 5.73 Å². The third kappa shape index (κ3) is 4.58. The lowest BCUT2D eigenvalue weighted by Crippen LogP contribution is -2.30. The highest BCUT2D eigenvalue weighted by Crippen LogP contribution is 2.16. The maximum Gasteiger partial charge on any atom is 0.119 e. The summed E-state index contributed by atoms with van der Waals surface area (Å²) in [6.07, 6.45) is 0.815. The van der Waals surface area contributed by atoms with Gasteiger partial charge in [-0.1, -0.05) is 41.4 Å². The highest BCUT2D eigenvalue weighted by atomic mass is 35.5. The van der Waals surface area contributed by atoms with Crippen molar-refractivity contribution in [3.63, 3.8) is 0 Å². The summed E-state index contributed by atoms with van der Waals surface area (Å²) in [5.41, 5.74) is 8.58. The molecule has 1 unspecified atom stereocenters. The smallest absolute Gasteiger partial charge is 0.119 e. The van der Waals surface area contributed by atoms with Gasteiger partial charge in [0.05, 0.1) is 0 Å². The Labute approximate surface area is 119 Å². The Hall–Kier alpha value is -1.51. The van der Waals surface area contributed by atoms with Crippen molar-refractivity contribution in [2.45, 2.75) is 19.4 Å². The Kier molecular flexibility index (Phi) is 4.83.